The number of nitrogens with zero attached hydrogens (tertiary/aromatic N) is 4. The van der Waals surface area contributed by atoms with Crippen molar-refractivity contribution in [2.45, 2.75) is 32.9 Å². The minimum atomic E-state index is 0.594. The minimum absolute atomic E-state index is 0.594. The summed E-state index contributed by atoms with van der Waals surface area (Å²) in [5, 5.41) is 12.3. The van der Waals surface area contributed by atoms with Gasteiger partial charge in [0, 0.05) is 41.4 Å². The zero-order valence-electron chi connectivity index (χ0n) is 13.4. The van der Waals surface area contributed by atoms with Gasteiger partial charge in [0.05, 0.1) is 12.2 Å². The third-order valence-corrected chi connectivity index (χ3v) is 4.61. The van der Waals surface area contributed by atoms with Crippen LogP contribution in [0.15, 0.2) is 28.8 Å². The minimum Gasteiger partial charge on any atom is -0.338 e. The molecular formula is C17H18ClN5O. The molecule has 4 rings (SSSR count). The van der Waals surface area contributed by atoms with Gasteiger partial charge in [-0.3, -0.25) is 10.00 Å². The van der Waals surface area contributed by atoms with E-state index in [1.807, 2.05) is 24.3 Å². The standard InChI is InChI=1S/C17H18ClN5O/c1-2-14-13-9-23(8-7-15(13)21-20-14)10-16-19-17(22-24-16)11-3-5-12(18)6-4-11/h3-6H,2,7-10H2,1H3,(H,20,21). The Hall–Kier alpha value is -2.18. The van der Waals surface area contributed by atoms with E-state index in [9.17, 15) is 0 Å². The van der Waals surface area contributed by atoms with Gasteiger partial charge in [0.1, 0.15) is 0 Å². The average molecular weight is 344 g/mol. The summed E-state index contributed by atoms with van der Waals surface area (Å²) in [6, 6.07) is 7.43. The van der Waals surface area contributed by atoms with Crippen LogP contribution in [0.2, 0.25) is 5.02 Å². The highest BCUT2D eigenvalue weighted by Gasteiger charge is 2.22. The van der Waals surface area contributed by atoms with Crippen molar-refractivity contribution in [1.29, 1.82) is 0 Å². The number of aryl methyl sites for hydroxylation is 1. The van der Waals surface area contributed by atoms with Crippen molar-refractivity contribution in [1.82, 2.24) is 25.2 Å². The number of hydrogen-bond acceptors (Lipinski definition) is 5. The summed E-state index contributed by atoms with van der Waals surface area (Å²) in [5.41, 5.74) is 4.64. The predicted molar refractivity (Wildman–Crippen MR) is 90.5 cm³/mol. The predicted octanol–water partition coefficient (Wildman–Crippen LogP) is 3.23. The number of benzene rings is 1. The average Bonchev–Trinajstić information content (AvgIpc) is 3.22. The second-order valence-electron chi connectivity index (χ2n) is 5.96. The van der Waals surface area contributed by atoms with Crippen molar-refractivity contribution in [2.24, 2.45) is 0 Å². The third kappa shape index (κ3) is 2.95. The zero-order valence-corrected chi connectivity index (χ0v) is 14.2. The quantitative estimate of drug-likeness (QED) is 0.787. The van der Waals surface area contributed by atoms with Crippen LogP contribution >= 0.6 is 11.6 Å². The normalized spacial score (nSPS) is 14.8. The van der Waals surface area contributed by atoms with Gasteiger partial charge in [0.25, 0.3) is 0 Å². The fraction of sp³-hybridized carbons (Fsp3) is 0.353. The molecule has 1 aliphatic heterocycles. The van der Waals surface area contributed by atoms with Crippen LogP contribution in [-0.2, 0) is 25.9 Å². The zero-order chi connectivity index (χ0) is 16.5. The number of fused-ring (bicyclic) bond motifs is 1. The molecule has 0 fully saturated rings. The highest BCUT2D eigenvalue weighted by atomic mass is 35.5. The van der Waals surface area contributed by atoms with Gasteiger partial charge in [-0.1, -0.05) is 23.7 Å². The first-order valence-electron chi connectivity index (χ1n) is 8.09. The maximum absolute atomic E-state index is 5.91. The van der Waals surface area contributed by atoms with Crippen LogP contribution in [0.1, 0.15) is 29.8 Å². The van der Waals surface area contributed by atoms with Crippen molar-refractivity contribution >= 4 is 11.6 Å². The van der Waals surface area contributed by atoms with Gasteiger partial charge in [-0.25, -0.2) is 0 Å². The lowest BCUT2D eigenvalue weighted by atomic mass is 10.0. The maximum Gasteiger partial charge on any atom is 0.241 e. The number of nitrogens with one attached hydrogen (secondary N) is 1. The number of H-pyrrole nitrogens is 1. The second-order valence-corrected chi connectivity index (χ2v) is 6.40. The van der Waals surface area contributed by atoms with Gasteiger partial charge in [-0.15, -0.1) is 0 Å². The second kappa shape index (κ2) is 6.37. The molecule has 0 amide bonds. The summed E-state index contributed by atoms with van der Waals surface area (Å²) in [6.45, 7) is 4.60. The Bertz CT molecular complexity index is 826. The Morgan fingerprint density at radius 3 is 2.92 bits per heavy atom. The molecule has 1 aliphatic rings. The summed E-state index contributed by atoms with van der Waals surface area (Å²) >= 11 is 5.91. The summed E-state index contributed by atoms with van der Waals surface area (Å²) in [4.78, 5) is 6.82. The lowest BCUT2D eigenvalue weighted by molar-refractivity contribution is 0.209. The van der Waals surface area contributed by atoms with E-state index >= 15 is 0 Å². The first-order valence-corrected chi connectivity index (χ1v) is 8.46. The molecule has 2 aromatic heterocycles. The molecule has 0 saturated heterocycles. The fourth-order valence-electron chi connectivity index (χ4n) is 3.06. The number of halogens is 1. The van der Waals surface area contributed by atoms with Crippen molar-refractivity contribution in [2.75, 3.05) is 6.54 Å². The van der Waals surface area contributed by atoms with Gasteiger partial charge in [-0.2, -0.15) is 10.1 Å². The molecule has 1 aromatic carbocycles. The molecule has 0 spiro atoms. The molecule has 0 atom stereocenters. The Labute approximate surface area is 144 Å². The Balaban J connectivity index is 1.48. The molecule has 6 nitrogen and oxygen atoms in total. The van der Waals surface area contributed by atoms with E-state index in [1.165, 1.54) is 11.3 Å². The molecule has 0 saturated carbocycles. The molecule has 3 aromatic rings. The molecule has 124 valence electrons. The molecule has 0 aliphatic carbocycles. The van der Waals surface area contributed by atoms with E-state index in [1.54, 1.807) is 0 Å². The van der Waals surface area contributed by atoms with Gasteiger partial charge in [0.2, 0.25) is 11.7 Å². The Morgan fingerprint density at radius 1 is 1.29 bits per heavy atom. The van der Waals surface area contributed by atoms with Crippen LogP contribution in [0, 0.1) is 0 Å². The Morgan fingerprint density at radius 2 is 2.12 bits per heavy atom. The Kier molecular flexibility index (Phi) is 4.08. The van der Waals surface area contributed by atoms with E-state index in [4.69, 9.17) is 16.1 Å². The van der Waals surface area contributed by atoms with Crippen molar-refractivity contribution in [3.8, 4) is 11.4 Å². The van der Waals surface area contributed by atoms with E-state index in [0.29, 0.717) is 23.3 Å². The highest BCUT2D eigenvalue weighted by Crippen LogP contribution is 2.23. The van der Waals surface area contributed by atoms with Crippen LogP contribution in [0.3, 0.4) is 0 Å². The number of aromatic amines is 1. The van der Waals surface area contributed by atoms with E-state index < -0.39 is 0 Å². The van der Waals surface area contributed by atoms with Crippen LogP contribution in [0.5, 0.6) is 0 Å². The van der Waals surface area contributed by atoms with Gasteiger partial charge in [0.15, 0.2) is 0 Å². The molecule has 1 N–H and O–H groups in total. The largest absolute Gasteiger partial charge is 0.338 e. The van der Waals surface area contributed by atoms with Crippen molar-refractivity contribution in [3.63, 3.8) is 0 Å². The first kappa shape index (κ1) is 15.4. The van der Waals surface area contributed by atoms with Crippen LogP contribution in [0.4, 0.5) is 0 Å². The molecule has 0 unspecified atom stereocenters. The van der Waals surface area contributed by atoms with E-state index in [-0.39, 0.29) is 0 Å². The topological polar surface area (TPSA) is 70.8 Å². The lowest BCUT2D eigenvalue weighted by Crippen LogP contribution is -2.30. The summed E-state index contributed by atoms with van der Waals surface area (Å²) < 4.78 is 5.42. The van der Waals surface area contributed by atoms with Crippen LogP contribution in [-0.4, -0.2) is 31.8 Å². The lowest BCUT2D eigenvalue weighted by Gasteiger charge is -2.25. The van der Waals surface area contributed by atoms with Crippen molar-refractivity contribution in [3.05, 3.63) is 52.1 Å². The van der Waals surface area contributed by atoms with Gasteiger partial charge >= 0.3 is 0 Å². The summed E-state index contributed by atoms with van der Waals surface area (Å²) in [7, 11) is 0. The van der Waals surface area contributed by atoms with E-state index in [2.05, 4.69) is 32.2 Å². The SMILES string of the molecule is CCc1n[nH]c2c1CN(Cc1nc(-c3ccc(Cl)cc3)no1)CC2. The molecule has 0 bridgehead atoms. The first-order chi connectivity index (χ1) is 11.7. The third-order valence-electron chi connectivity index (χ3n) is 4.36. The monoisotopic (exact) mass is 343 g/mol. The van der Waals surface area contributed by atoms with E-state index in [0.717, 1.165) is 37.2 Å². The smallest absolute Gasteiger partial charge is 0.241 e. The number of rotatable bonds is 4. The maximum atomic E-state index is 5.91. The summed E-state index contributed by atoms with van der Waals surface area (Å²) in [6.07, 6.45) is 1.92. The molecular weight excluding hydrogens is 326 g/mol. The summed E-state index contributed by atoms with van der Waals surface area (Å²) in [5.74, 6) is 1.22. The molecule has 24 heavy (non-hydrogen) atoms. The number of hydrogen-bond donors (Lipinski definition) is 1. The fourth-order valence-corrected chi connectivity index (χ4v) is 3.19. The van der Waals surface area contributed by atoms with Crippen LogP contribution < -0.4 is 0 Å². The highest BCUT2D eigenvalue weighted by molar-refractivity contribution is 6.30. The number of aromatic nitrogens is 4. The van der Waals surface area contributed by atoms with Crippen molar-refractivity contribution < 1.29 is 4.52 Å². The molecule has 7 heteroatoms. The van der Waals surface area contributed by atoms with Gasteiger partial charge < -0.3 is 4.52 Å². The molecule has 3 heterocycles. The molecule has 0 radical (unpaired) electrons. The van der Waals surface area contributed by atoms with Gasteiger partial charge in [-0.05, 0) is 30.7 Å². The van der Waals surface area contributed by atoms with Crippen LogP contribution in [0.25, 0.3) is 11.4 Å².